The van der Waals surface area contributed by atoms with Gasteiger partial charge in [-0.05, 0) is 47.9 Å². The number of aromatic nitrogens is 2. The Bertz CT molecular complexity index is 1400. The summed E-state index contributed by atoms with van der Waals surface area (Å²) in [6, 6.07) is 19.6. The third-order valence-electron chi connectivity index (χ3n) is 4.73. The Hall–Kier alpha value is -3.41. The Morgan fingerprint density at radius 1 is 0.900 bits per heavy atom. The van der Waals surface area contributed by atoms with Crippen molar-refractivity contribution in [3.63, 3.8) is 0 Å². The maximum atomic E-state index is 13.0. The van der Waals surface area contributed by atoms with Crippen molar-refractivity contribution in [1.82, 2.24) is 9.97 Å². The van der Waals surface area contributed by atoms with Gasteiger partial charge in [0.2, 0.25) is 5.89 Å². The first-order chi connectivity index (χ1) is 14.6. The molecule has 0 aliphatic rings. The lowest BCUT2D eigenvalue weighted by molar-refractivity contribution is 0.102. The number of hydrogen-bond acceptors (Lipinski definition) is 4. The number of amides is 1. The zero-order chi connectivity index (χ0) is 20.7. The van der Waals surface area contributed by atoms with E-state index >= 15 is 0 Å². The van der Waals surface area contributed by atoms with E-state index in [0.717, 1.165) is 10.8 Å². The van der Waals surface area contributed by atoms with Crippen LogP contribution in [0.25, 0.3) is 33.5 Å². The summed E-state index contributed by atoms with van der Waals surface area (Å²) >= 11 is 12.6. The summed E-state index contributed by atoms with van der Waals surface area (Å²) in [5.74, 6) is 0.0807. The molecule has 1 amide bonds. The molecule has 2 aromatic heterocycles. The zero-order valence-electron chi connectivity index (χ0n) is 15.4. The van der Waals surface area contributed by atoms with Crippen LogP contribution in [0.1, 0.15) is 10.4 Å². The second kappa shape index (κ2) is 7.44. The second-order valence-corrected chi connectivity index (χ2v) is 7.45. The van der Waals surface area contributed by atoms with Crippen LogP contribution < -0.4 is 5.32 Å². The molecular formula is C23H13Cl2N3O2. The molecule has 0 spiro atoms. The minimum atomic E-state index is -0.254. The van der Waals surface area contributed by atoms with Crippen molar-refractivity contribution < 1.29 is 9.21 Å². The molecule has 5 aromatic rings. The quantitative estimate of drug-likeness (QED) is 0.347. The van der Waals surface area contributed by atoms with Crippen molar-refractivity contribution in [2.75, 3.05) is 5.32 Å². The Balaban J connectivity index is 1.51. The number of oxazole rings is 1. The molecule has 5 nitrogen and oxygen atoms in total. The largest absolute Gasteiger partial charge is 0.434 e. The van der Waals surface area contributed by atoms with Gasteiger partial charge in [0.25, 0.3) is 5.91 Å². The fourth-order valence-corrected chi connectivity index (χ4v) is 3.76. The fourth-order valence-electron chi connectivity index (χ4n) is 3.32. The fraction of sp³-hybridized carbons (Fsp3) is 0. The average molecular weight is 434 g/mol. The number of pyridine rings is 1. The van der Waals surface area contributed by atoms with Crippen LogP contribution in [0.2, 0.25) is 10.0 Å². The van der Waals surface area contributed by atoms with Gasteiger partial charge >= 0.3 is 0 Å². The van der Waals surface area contributed by atoms with Gasteiger partial charge in [0.05, 0.1) is 10.6 Å². The molecule has 7 heteroatoms. The van der Waals surface area contributed by atoms with E-state index in [0.29, 0.717) is 44.0 Å². The molecule has 0 fully saturated rings. The highest BCUT2D eigenvalue weighted by molar-refractivity contribution is 6.36. The smallest absolute Gasteiger partial charge is 0.256 e. The number of rotatable bonds is 3. The number of halogens is 2. The van der Waals surface area contributed by atoms with E-state index in [1.54, 1.807) is 48.7 Å². The van der Waals surface area contributed by atoms with Crippen molar-refractivity contribution in [1.29, 1.82) is 0 Å². The maximum Gasteiger partial charge on any atom is 0.256 e. The lowest BCUT2D eigenvalue weighted by atomic mass is 10.0. The van der Waals surface area contributed by atoms with E-state index in [1.807, 2.05) is 24.3 Å². The Morgan fingerprint density at radius 3 is 2.60 bits per heavy atom. The molecule has 1 N–H and O–H groups in total. The molecule has 0 bridgehead atoms. The number of anilines is 1. The third-order valence-corrected chi connectivity index (χ3v) is 5.39. The number of carbonyl (C=O) groups excluding carboxylic acids is 1. The van der Waals surface area contributed by atoms with E-state index in [2.05, 4.69) is 15.3 Å². The van der Waals surface area contributed by atoms with Crippen LogP contribution in [-0.4, -0.2) is 15.9 Å². The molecule has 0 saturated heterocycles. The van der Waals surface area contributed by atoms with Crippen LogP contribution in [-0.2, 0) is 0 Å². The van der Waals surface area contributed by atoms with Gasteiger partial charge in [-0.1, -0.05) is 47.5 Å². The van der Waals surface area contributed by atoms with Crippen LogP contribution in [0.5, 0.6) is 0 Å². The molecule has 0 unspecified atom stereocenters. The third kappa shape index (κ3) is 3.28. The maximum absolute atomic E-state index is 13.0. The first kappa shape index (κ1) is 18.6. The molecule has 0 radical (unpaired) electrons. The lowest BCUT2D eigenvalue weighted by Gasteiger charge is -2.10. The van der Waals surface area contributed by atoms with Crippen molar-refractivity contribution in [2.24, 2.45) is 0 Å². The number of nitrogens with zero attached hydrogens (tertiary/aromatic N) is 2. The van der Waals surface area contributed by atoms with Gasteiger partial charge < -0.3 is 9.73 Å². The van der Waals surface area contributed by atoms with E-state index in [-0.39, 0.29) is 5.91 Å². The lowest BCUT2D eigenvalue weighted by Crippen LogP contribution is -2.12. The monoisotopic (exact) mass is 433 g/mol. The molecule has 3 aromatic carbocycles. The normalized spacial score (nSPS) is 11.1. The molecule has 2 heterocycles. The highest BCUT2D eigenvalue weighted by Crippen LogP contribution is 2.32. The average Bonchev–Trinajstić information content (AvgIpc) is 3.19. The Kier molecular flexibility index (Phi) is 4.62. The molecule has 30 heavy (non-hydrogen) atoms. The van der Waals surface area contributed by atoms with Crippen molar-refractivity contribution >= 4 is 56.8 Å². The van der Waals surface area contributed by atoms with E-state index in [1.165, 1.54) is 0 Å². The van der Waals surface area contributed by atoms with Gasteiger partial charge in [-0.3, -0.25) is 4.79 Å². The molecule has 5 rings (SSSR count). The number of benzene rings is 3. The summed E-state index contributed by atoms with van der Waals surface area (Å²) in [5, 5.41) is 5.57. The van der Waals surface area contributed by atoms with Crippen LogP contribution in [0, 0.1) is 0 Å². The molecular weight excluding hydrogens is 421 g/mol. The summed E-state index contributed by atoms with van der Waals surface area (Å²) in [6.45, 7) is 0. The predicted octanol–water partition coefficient (Wildman–Crippen LogP) is 6.60. The molecule has 0 aliphatic heterocycles. The van der Waals surface area contributed by atoms with E-state index in [4.69, 9.17) is 27.6 Å². The summed E-state index contributed by atoms with van der Waals surface area (Å²) in [5.41, 5.74) is 2.70. The topological polar surface area (TPSA) is 68.0 Å². The van der Waals surface area contributed by atoms with Gasteiger partial charge in [0.1, 0.15) is 0 Å². The summed E-state index contributed by atoms with van der Waals surface area (Å²) in [6.07, 6.45) is 1.64. The Labute approximate surface area is 181 Å². The van der Waals surface area contributed by atoms with Gasteiger partial charge in [-0.2, -0.15) is 4.98 Å². The molecule has 0 saturated carbocycles. The number of hydrogen-bond donors (Lipinski definition) is 1. The van der Waals surface area contributed by atoms with Crippen LogP contribution in [0.15, 0.2) is 77.3 Å². The van der Waals surface area contributed by atoms with Crippen molar-refractivity contribution in [3.8, 4) is 11.5 Å². The summed E-state index contributed by atoms with van der Waals surface area (Å²) < 4.78 is 5.76. The van der Waals surface area contributed by atoms with E-state index in [9.17, 15) is 4.79 Å². The van der Waals surface area contributed by atoms with Gasteiger partial charge in [-0.15, -0.1) is 0 Å². The predicted molar refractivity (Wildman–Crippen MR) is 119 cm³/mol. The van der Waals surface area contributed by atoms with Crippen molar-refractivity contribution in [2.45, 2.75) is 0 Å². The SMILES string of the molecule is O=C(Nc1ccc(Cl)c(-c2nc3ncccc3o2)c1)c1cccc2c(Cl)cccc12. The standard InChI is InChI=1S/C23H13Cl2N3O2/c24-18-7-2-4-14-15(18)5-1-6-16(14)22(29)27-13-9-10-19(25)17(12-13)23-28-21-20(30-23)8-3-11-26-21/h1-12H,(H,27,29). The van der Waals surface area contributed by atoms with Crippen molar-refractivity contribution in [3.05, 3.63) is 88.5 Å². The first-order valence-electron chi connectivity index (χ1n) is 9.10. The minimum absolute atomic E-state index is 0.254. The molecule has 0 aliphatic carbocycles. The number of fused-ring (bicyclic) bond motifs is 2. The zero-order valence-corrected chi connectivity index (χ0v) is 16.9. The number of nitrogens with one attached hydrogen (secondary N) is 1. The Morgan fingerprint density at radius 2 is 1.73 bits per heavy atom. The minimum Gasteiger partial charge on any atom is -0.434 e. The first-order valence-corrected chi connectivity index (χ1v) is 9.86. The van der Waals surface area contributed by atoms with Crippen LogP contribution in [0.4, 0.5) is 5.69 Å². The summed E-state index contributed by atoms with van der Waals surface area (Å²) in [4.78, 5) is 21.5. The highest BCUT2D eigenvalue weighted by atomic mass is 35.5. The van der Waals surface area contributed by atoms with Crippen LogP contribution in [0.3, 0.4) is 0 Å². The number of carbonyl (C=O) groups is 1. The van der Waals surface area contributed by atoms with Gasteiger partial charge in [-0.25, -0.2) is 4.98 Å². The van der Waals surface area contributed by atoms with E-state index < -0.39 is 0 Å². The summed E-state index contributed by atoms with van der Waals surface area (Å²) in [7, 11) is 0. The molecule has 0 atom stereocenters. The van der Waals surface area contributed by atoms with Gasteiger partial charge in [0.15, 0.2) is 11.2 Å². The molecule has 146 valence electrons. The van der Waals surface area contributed by atoms with Gasteiger partial charge in [0, 0.05) is 27.9 Å². The second-order valence-electron chi connectivity index (χ2n) is 6.63. The highest BCUT2D eigenvalue weighted by Gasteiger charge is 2.15. The van der Waals surface area contributed by atoms with Crippen LogP contribution >= 0.6 is 23.2 Å².